The third-order valence-corrected chi connectivity index (χ3v) is 11.2. The van der Waals surface area contributed by atoms with Gasteiger partial charge in [0.15, 0.2) is 5.78 Å². The summed E-state index contributed by atoms with van der Waals surface area (Å²) in [5.74, 6) is 0.125. The predicted octanol–water partition coefficient (Wildman–Crippen LogP) is 6.16. The highest BCUT2D eigenvalue weighted by Crippen LogP contribution is 2.45. The molecule has 4 aromatic rings. The zero-order valence-electron chi connectivity index (χ0n) is 19.5. The summed E-state index contributed by atoms with van der Waals surface area (Å²) in [5, 5.41) is 2.89. The normalized spacial score (nSPS) is 17.0. The number of fused-ring (bicyclic) bond motifs is 4. The number of hydrogen-bond donors (Lipinski definition) is 0. The van der Waals surface area contributed by atoms with Gasteiger partial charge in [-0.2, -0.15) is 0 Å². The molecule has 0 saturated carbocycles. The van der Waals surface area contributed by atoms with Crippen LogP contribution in [0.25, 0.3) is 0 Å². The van der Waals surface area contributed by atoms with E-state index in [0.29, 0.717) is 0 Å². The molecule has 6 rings (SSSR count). The van der Waals surface area contributed by atoms with Crippen molar-refractivity contribution in [1.82, 2.24) is 0 Å². The van der Waals surface area contributed by atoms with Crippen LogP contribution in [0.15, 0.2) is 91.0 Å². The fourth-order valence-corrected chi connectivity index (χ4v) is 8.84. The van der Waals surface area contributed by atoms with Gasteiger partial charge in [0.1, 0.15) is 8.07 Å². The standard InChI is InChI=1S/C30H27NOSi/c1-30(2)23-12-6-5-11-21(23)29(32)22-18-17-20(19-24(22)30)31-25-13-7-9-15-27(25)33(3,4)28-16-10-8-14-26(28)31/h5-19H,1-4H3. The molecule has 0 amide bonds. The van der Waals surface area contributed by atoms with Crippen LogP contribution in [0.2, 0.25) is 13.1 Å². The number of anilines is 3. The number of hydrogen-bond acceptors (Lipinski definition) is 2. The predicted molar refractivity (Wildman–Crippen MR) is 140 cm³/mol. The summed E-state index contributed by atoms with van der Waals surface area (Å²) in [6.07, 6.45) is 0. The minimum Gasteiger partial charge on any atom is -0.311 e. The van der Waals surface area contributed by atoms with Gasteiger partial charge in [-0.25, -0.2) is 0 Å². The van der Waals surface area contributed by atoms with Gasteiger partial charge in [0.05, 0.1) is 0 Å². The third kappa shape index (κ3) is 2.69. The lowest BCUT2D eigenvalue weighted by atomic mass is 9.68. The van der Waals surface area contributed by atoms with Crippen molar-refractivity contribution >= 4 is 41.3 Å². The largest absolute Gasteiger partial charge is 0.311 e. The first-order chi connectivity index (χ1) is 15.8. The Kier molecular flexibility index (Phi) is 4.15. The average molecular weight is 446 g/mol. The molecule has 33 heavy (non-hydrogen) atoms. The molecule has 0 fully saturated rings. The molecule has 2 aliphatic rings. The van der Waals surface area contributed by atoms with Crippen LogP contribution in [0.1, 0.15) is 40.9 Å². The van der Waals surface area contributed by atoms with E-state index in [1.54, 1.807) is 0 Å². The molecule has 0 N–H and O–H groups in total. The van der Waals surface area contributed by atoms with Crippen molar-refractivity contribution in [2.24, 2.45) is 0 Å². The molecule has 2 nitrogen and oxygen atoms in total. The lowest BCUT2D eigenvalue weighted by Crippen LogP contribution is -2.58. The molecule has 162 valence electrons. The molecular weight excluding hydrogens is 418 g/mol. The second kappa shape index (κ2) is 6.78. The molecule has 0 unspecified atom stereocenters. The molecule has 0 radical (unpaired) electrons. The van der Waals surface area contributed by atoms with E-state index in [2.05, 4.69) is 98.6 Å². The van der Waals surface area contributed by atoms with E-state index >= 15 is 0 Å². The molecule has 1 aliphatic heterocycles. The Balaban J connectivity index is 1.60. The summed E-state index contributed by atoms with van der Waals surface area (Å²) in [4.78, 5) is 15.8. The van der Waals surface area contributed by atoms with Crippen molar-refractivity contribution in [3.05, 3.63) is 113 Å². The molecule has 0 bridgehead atoms. The van der Waals surface area contributed by atoms with E-state index in [9.17, 15) is 4.79 Å². The van der Waals surface area contributed by atoms with Crippen molar-refractivity contribution in [2.75, 3.05) is 4.90 Å². The second-order valence-electron chi connectivity index (χ2n) is 10.2. The lowest BCUT2D eigenvalue weighted by molar-refractivity contribution is 0.103. The van der Waals surface area contributed by atoms with Gasteiger partial charge in [-0.1, -0.05) is 87.6 Å². The first kappa shape index (κ1) is 20.2. The summed E-state index contributed by atoms with van der Waals surface area (Å²) in [7, 11) is -1.82. The minimum absolute atomic E-state index is 0.125. The van der Waals surface area contributed by atoms with Gasteiger partial charge in [-0.05, 0) is 51.8 Å². The van der Waals surface area contributed by atoms with Crippen LogP contribution < -0.4 is 15.3 Å². The van der Waals surface area contributed by atoms with Crippen LogP contribution in [-0.2, 0) is 5.41 Å². The van der Waals surface area contributed by atoms with E-state index in [1.165, 1.54) is 21.7 Å². The van der Waals surface area contributed by atoms with Crippen molar-refractivity contribution in [3.8, 4) is 0 Å². The van der Waals surface area contributed by atoms with Gasteiger partial charge in [0.2, 0.25) is 0 Å². The summed E-state index contributed by atoms with van der Waals surface area (Å²) in [6, 6.07) is 32.1. The number of ketones is 1. The van der Waals surface area contributed by atoms with Crippen LogP contribution in [0, 0.1) is 0 Å². The van der Waals surface area contributed by atoms with Crippen molar-refractivity contribution in [3.63, 3.8) is 0 Å². The lowest BCUT2D eigenvalue weighted by Gasteiger charge is -2.42. The number of nitrogens with zero attached hydrogens (tertiary/aromatic N) is 1. The van der Waals surface area contributed by atoms with Gasteiger partial charge in [-0.3, -0.25) is 4.79 Å². The number of benzene rings is 4. The van der Waals surface area contributed by atoms with Crippen LogP contribution in [0.5, 0.6) is 0 Å². The van der Waals surface area contributed by atoms with Crippen LogP contribution in [0.3, 0.4) is 0 Å². The Bertz CT molecular complexity index is 1400. The van der Waals surface area contributed by atoms with E-state index in [4.69, 9.17) is 0 Å². The van der Waals surface area contributed by atoms with Crippen molar-refractivity contribution in [2.45, 2.75) is 32.4 Å². The Morgan fingerprint density at radius 3 is 1.88 bits per heavy atom. The highest BCUT2D eigenvalue weighted by atomic mass is 28.3. The van der Waals surface area contributed by atoms with Crippen LogP contribution in [0.4, 0.5) is 17.1 Å². The Labute approximate surface area is 196 Å². The van der Waals surface area contributed by atoms with Gasteiger partial charge < -0.3 is 4.90 Å². The summed E-state index contributed by atoms with van der Waals surface area (Å²) in [6.45, 7) is 9.34. The molecule has 1 heterocycles. The molecule has 0 saturated heterocycles. The Morgan fingerprint density at radius 2 is 1.21 bits per heavy atom. The molecule has 4 aromatic carbocycles. The number of carbonyl (C=O) groups is 1. The van der Waals surface area contributed by atoms with E-state index < -0.39 is 8.07 Å². The second-order valence-corrected chi connectivity index (χ2v) is 14.6. The van der Waals surface area contributed by atoms with Crippen LogP contribution in [-0.4, -0.2) is 13.9 Å². The maximum Gasteiger partial charge on any atom is 0.193 e. The first-order valence-corrected chi connectivity index (χ1v) is 14.6. The summed E-state index contributed by atoms with van der Waals surface area (Å²) < 4.78 is 0. The number of carbonyl (C=O) groups excluding carboxylic acids is 1. The number of rotatable bonds is 1. The van der Waals surface area contributed by atoms with E-state index in [-0.39, 0.29) is 11.2 Å². The fraction of sp³-hybridized carbons (Fsp3) is 0.167. The molecule has 1 aliphatic carbocycles. The smallest absolute Gasteiger partial charge is 0.193 e. The monoisotopic (exact) mass is 445 g/mol. The Hall–Kier alpha value is -3.43. The Morgan fingerprint density at radius 1 is 0.667 bits per heavy atom. The summed E-state index contributed by atoms with van der Waals surface area (Å²) >= 11 is 0. The number of para-hydroxylation sites is 2. The van der Waals surface area contributed by atoms with E-state index in [1.807, 2.05) is 24.3 Å². The molecule has 0 atom stereocenters. The van der Waals surface area contributed by atoms with Crippen molar-refractivity contribution in [1.29, 1.82) is 0 Å². The average Bonchev–Trinajstić information content (AvgIpc) is 2.83. The maximum absolute atomic E-state index is 13.4. The third-order valence-electron chi connectivity index (χ3n) is 7.66. The molecule has 3 heteroatoms. The first-order valence-electron chi connectivity index (χ1n) is 11.6. The van der Waals surface area contributed by atoms with Gasteiger partial charge in [0, 0.05) is 33.6 Å². The topological polar surface area (TPSA) is 20.3 Å². The maximum atomic E-state index is 13.4. The highest BCUT2D eigenvalue weighted by molar-refractivity contribution is 7.02. The van der Waals surface area contributed by atoms with Gasteiger partial charge in [-0.15, -0.1) is 0 Å². The molecule has 0 spiro atoms. The summed E-state index contributed by atoms with van der Waals surface area (Å²) in [5.41, 5.74) is 7.21. The fourth-order valence-electron chi connectivity index (χ4n) is 5.85. The van der Waals surface area contributed by atoms with Crippen molar-refractivity contribution < 1.29 is 4.79 Å². The highest BCUT2D eigenvalue weighted by Gasteiger charge is 2.40. The van der Waals surface area contributed by atoms with E-state index in [0.717, 1.165) is 27.9 Å². The zero-order chi connectivity index (χ0) is 23.0. The van der Waals surface area contributed by atoms with Crippen LogP contribution >= 0.6 is 0 Å². The molecular formula is C30H27NOSi. The zero-order valence-corrected chi connectivity index (χ0v) is 20.5. The molecule has 0 aromatic heterocycles. The van der Waals surface area contributed by atoms with Gasteiger partial charge in [0.25, 0.3) is 0 Å². The minimum atomic E-state index is -1.82. The SMILES string of the molecule is CC1(C)c2ccccc2C(=O)c2ccc(N3c4ccccc4[Si](C)(C)c4ccccc43)cc21. The quantitative estimate of drug-likeness (QED) is 0.327. The van der Waals surface area contributed by atoms with Gasteiger partial charge >= 0.3 is 0 Å².